The van der Waals surface area contributed by atoms with Crippen LogP contribution in [0, 0.1) is 0 Å². The number of benzene rings is 3. The number of hydrogen-bond acceptors (Lipinski definition) is 12. The lowest BCUT2D eigenvalue weighted by Crippen LogP contribution is -2.55. The summed E-state index contributed by atoms with van der Waals surface area (Å²) in [6, 6.07) is 16.1. The van der Waals surface area contributed by atoms with E-state index < -0.39 is 65.9 Å². The minimum absolute atomic E-state index is 0.142. The van der Waals surface area contributed by atoms with Crippen LogP contribution in [0.4, 0.5) is 0 Å². The molecule has 0 spiro atoms. The zero-order chi connectivity index (χ0) is 30.1. The maximum atomic E-state index is 13.1. The molecule has 5 atom stereocenters. The number of rotatable bonds is 8. The van der Waals surface area contributed by atoms with Crippen LogP contribution in [-0.2, 0) is 14.2 Å². The molecular weight excluding hydrogens is 552 g/mol. The van der Waals surface area contributed by atoms with Gasteiger partial charge in [-0.25, -0.2) is 0 Å². The van der Waals surface area contributed by atoms with E-state index in [1.807, 2.05) is 12.1 Å². The molecule has 0 aliphatic carbocycles. The van der Waals surface area contributed by atoms with Gasteiger partial charge in [0.25, 0.3) is 0 Å². The van der Waals surface area contributed by atoms with Crippen molar-refractivity contribution in [2.75, 3.05) is 20.8 Å². The highest BCUT2D eigenvalue weighted by Crippen LogP contribution is 2.44. The summed E-state index contributed by atoms with van der Waals surface area (Å²) in [7, 11) is 3.07. The first-order chi connectivity index (χ1) is 20.2. The van der Waals surface area contributed by atoms with Gasteiger partial charge in [-0.3, -0.25) is 4.79 Å². The molecule has 3 aromatic carbocycles. The van der Waals surface area contributed by atoms with Gasteiger partial charge in [0, 0.05) is 37.5 Å². The largest absolute Gasteiger partial charge is 0.507 e. The Morgan fingerprint density at radius 3 is 2.26 bits per heavy atom. The predicted octanol–water partition coefficient (Wildman–Crippen LogP) is 2.47. The topological polar surface area (TPSA) is 189 Å². The molecule has 0 amide bonds. The van der Waals surface area contributed by atoms with E-state index in [0.717, 1.165) is 17.7 Å². The first-order valence-electron chi connectivity index (χ1n) is 12.9. The number of ether oxygens (including phenoxy) is 4. The molecule has 0 radical (unpaired) electrons. The van der Waals surface area contributed by atoms with Crippen LogP contribution in [0.2, 0.25) is 0 Å². The van der Waals surface area contributed by atoms with Crippen LogP contribution < -0.4 is 10.2 Å². The number of methoxy groups -OCH3 is 2. The summed E-state index contributed by atoms with van der Waals surface area (Å²) in [5.74, 6) is -0.129. The standard InChI is InChI=1S/C30H30O12/c1-38-30(39-2)15-4-3-5-17(10-15)40-16-8-6-14(7-9-16)20-11-18(32)23-21(41-20)12-19(33)24(26(23)35)29-28(37)27(36)25(34)22(13-31)42-29/h3-12,22,25,27-31,33-37H,13H2,1-2H3/t22-,25-,27+,28-,29+/m1/s1. The molecule has 42 heavy (non-hydrogen) atoms. The number of phenolic OH excluding ortho intramolecular Hbond substituents is 2. The zero-order valence-electron chi connectivity index (χ0n) is 22.6. The molecule has 0 bridgehead atoms. The summed E-state index contributed by atoms with van der Waals surface area (Å²) >= 11 is 0. The van der Waals surface area contributed by atoms with Gasteiger partial charge < -0.3 is 54.0 Å². The van der Waals surface area contributed by atoms with Crippen LogP contribution in [0.5, 0.6) is 23.0 Å². The van der Waals surface area contributed by atoms with Gasteiger partial charge >= 0.3 is 0 Å². The number of aliphatic hydroxyl groups excluding tert-OH is 4. The minimum atomic E-state index is -1.78. The lowest BCUT2D eigenvalue weighted by Gasteiger charge is -2.40. The van der Waals surface area contributed by atoms with E-state index in [0.29, 0.717) is 17.1 Å². The summed E-state index contributed by atoms with van der Waals surface area (Å²) in [5, 5.41) is 61.6. The second kappa shape index (κ2) is 12.1. The van der Waals surface area contributed by atoms with Crippen molar-refractivity contribution in [3.63, 3.8) is 0 Å². The van der Waals surface area contributed by atoms with Gasteiger partial charge in [-0.2, -0.15) is 0 Å². The van der Waals surface area contributed by atoms with Crippen LogP contribution in [0.25, 0.3) is 22.3 Å². The Kier molecular flexibility index (Phi) is 8.48. The van der Waals surface area contributed by atoms with E-state index in [1.165, 1.54) is 14.2 Å². The van der Waals surface area contributed by atoms with Crippen LogP contribution in [0.1, 0.15) is 23.5 Å². The average molecular weight is 583 g/mol. The van der Waals surface area contributed by atoms with Crippen molar-refractivity contribution >= 4 is 11.0 Å². The smallest absolute Gasteiger partial charge is 0.197 e. The highest BCUT2D eigenvalue weighted by Gasteiger charge is 2.46. The fraction of sp³-hybridized carbons (Fsp3) is 0.300. The Morgan fingerprint density at radius 2 is 1.60 bits per heavy atom. The van der Waals surface area contributed by atoms with Crippen molar-refractivity contribution in [3.8, 4) is 34.3 Å². The molecule has 6 N–H and O–H groups in total. The fourth-order valence-corrected chi connectivity index (χ4v) is 4.98. The lowest BCUT2D eigenvalue weighted by atomic mass is 9.89. The molecular formula is C30H30O12. The van der Waals surface area contributed by atoms with Crippen molar-refractivity contribution in [3.05, 3.63) is 82.0 Å². The van der Waals surface area contributed by atoms with Crippen LogP contribution in [-0.4, -0.2) is 75.9 Å². The molecule has 5 rings (SSSR count). The Balaban J connectivity index is 1.44. The zero-order valence-corrected chi connectivity index (χ0v) is 22.6. The number of phenols is 2. The molecule has 1 aliphatic heterocycles. The maximum Gasteiger partial charge on any atom is 0.197 e. The third-order valence-electron chi connectivity index (χ3n) is 7.12. The molecule has 12 nitrogen and oxygen atoms in total. The number of aliphatic hydroxyl groups is 4. The Morgan fingerprint density at radius 1 is 0.881 bits per heavy atom. The van der Waals surface area contributed by atoms with E-state index >= 15 is 0 Å². The monoisotopic (exact) mass is 582 g/mol. The molecule has 1 fully saturated rings. The Bertz CT molecular complexity index is 1610. The number of fused-ring (bicyclic) bond motifs is 1. The van der Waals surface area contributed by atoms with Crippen LogP contribution in [0.3, 0.4) is 0 Å². The molecule has 4 aromatic rings. The Labute approximate surface area is 239 Å². The molecule has 1 saturated heterocycles. The summed E-state index contributed by atoms with van der Waals surface area (Å²) in [5.41, 5.74) is 0.0768. The molecule has 12 heteroatoms. The lowest BCUT2D eigenvalue weighted by molar-refractivity contribution is -0.232. The highest BCUT2D eigenvalue weighted by atomic mass is 16.7. The quantitative estimate of drug-likeness (QED) is 0.167. The summed E-state index contributed by atoms with van der Waals surface area (Å²) < 4.78 is 27.8. The van der Waals surface area contributed by atoms with Crippen molar-refractivity contribution in [2.45, 2.75) is 36.8 Å². The van der Waals surface area contributed by atoms with Gasteiger partial charge in [0.2, 0.25) is 0 Å². The third kappa shape index (κ3) is 5.44. The molecule has 1 aliphatic rings. The predicted molar refractivity (Wildman–Crippen MR) is 147 cm³/mol. The van der Waals surface area contributed by atoms with Gasteiger partial charge in [-0.1, -0.05) is 12.1 Å². The molecule has 0 unspecified atom stereocenters. The fourth-order valence-electron chi connectivity index (χ4n) is 4.98. The van der Waals surface area contributed by atoms with E-state index in [1.54, 1.807) is 36.4 Å². The maximum absolute atomic E-state index is 13.1. The highest BCUT2D eigenvalue weighted by molar-refractivity contribution is 5.88. The molecule has 0 saturated carbocycles. The van der Waals surface area contributed by atoms with Gasteiger partial charge in [0.05, 0.1) is 12.2 Å². The average Bonchev–Trinajstić information content (AvgIpc) is 2.98. The molecule has 222 valence electrons. The first-order valence-corrected chi connectivity index (χ1v) is 12.9. The minimum Gasteiger partial charge on any atom is -0.507 e. The Hall–Kier alpha value is -4.01. The van der Waals surface area contributed by atoms with Gasteiger partial charge in [0.1, 0.15) is 70.2 Å². The van der Waals surface area contributed by atoms with E-state index in [4.69, 9.17) is 23.4 Å². The van der Waals surface area contributed by atoms with Crippen LogP contribution in [0.15, 0.2) is 69.9 Å². The first kappa shape index (κ1) is 29.5. The number of aromatic hydroxyl groups is 2. The summed E-state index contributed by atoms with van der Waals surface area (Å²) in [6.07, 6.45) is -8.57. The SMILES string of the molecule is COC(OC)c1cccc(Oc2ccc(-c3cc(=O)c4c(O)c([C@@H]5O[C@H](CO)[C@@H](O)[C@H](O)[C@H]5O)c(O)cc4o3)cc2)c1. The number of hydrogen-bond donors (Lipinski definition) is 6. The van der Waals surface area contributed by atoms with Crippen LogP contribution >= 0.6 is 0 Å². The van der Waals surface area contributed by atoms with Crippen molar-refractivity contribution in [1.82, 2.24) is 0 Å². The molecule has 1 aromatic heterocycles. The normalized spacial score (nSPS) is 22.5. The van der Waals surface area contributed by atoms with Crippen molar-refractivity contribution < 1.29 is 54.0 Å². The summed E-state index contributed by atoms with van der Waals surface area (Å²) in [4.78, 5) is 13.1. The second-order valence-corrected chi connectivity index (χ2v) is 9.76. The summed E-state index contributed by atoms with van der Waals surface area (Å²) in [6.45, 7) is -0.708. The second-order valence-electron chi connectivity index (χ2n) is 9.76. The van der Waals surface area contributed by atoms with E-state index in [2.05, 4.69) is 0 Å². The van der Waals surface area contributed by atoms with Gasteiger partial charge in [-0.15, -0.1) is 0 Å². The molecule has 2 heterocycles. The third-order valence-corrected chi connectivity index (χ3v) is 7.12. The van der Waals surface area contributed by atoms with Crippen molar-refractivity contribution in [1.29, 1.82) is 0 Å². The van der Waals surface area contributed by atoms with Crippen molar-refractivity contribution in [2.24, 2.45) is 0 Å². The van der Waals surface area contributed by atoms with Gasteiger partial charge in [0.15, 0.2) is 11.7 Å². The van der Waals surface area contributed by atoms with E-state index in [9.17, 15) is 35.4 Å². The van der Waals surface area contributed by atoms with Gasteiger partial charge in [-0.05, 0) is 36.4 Å². The van der Waals surface area contributed by atoms with E-state index in [-0.39, 0.29) is 16.7 Å².